The number of carbonyl (C=O) groups is 2. The van der Waals surface area contributed by atoms with Crippen molar-refractivity contribution >= 4 is 17.5 Å². The van der Waals surface area contributed by atoms with Crippen molar-refractivity contribution in [1.82, 2.24) is 14.7 Å². The summed E-state index contributed by atoms with van der Waals surface area (Å²) in [6, 6.07) is 11.2. The van der Waals surface area contributed by atoms with Gasteiger partial charge < -0.3 is 10.1 Å². The van der Waals surface area contributed by atoms with Gasteiger partial charge in [-0.1, -0.05) is 37.6 Å². The number of pyridine rings is 1. The maximum absolute atomic E-state index is 12.6. The van der Waals surface area contributed by atoms with Crippen molar-refractivity contribution in [1.29, 1.82) is 0 Å². The molecule has 0 saturated heterocycles. The fourth-order valence-corrected chi connectivity index (χ4v) is 2.99. The van der Waals surface area contributed by atoms with Crippen LogP contribution in [0.25, 0.3) is 5.65 Å². The number of fused-ring (bicyclic) bond motifs is 1. The van der Waals surface area contributed by atoms with Crippen molar-refractivity contribution in [3.63, 3.8) is 0 Å². The second-order valence-electron chi connectivity index (χ2n) is 7.69. The van der Waals surface area contributed by atoms with Crippen LogP contribution in [0.5, 0.6) is 0 Å². The van der Waals surface area contributed by atoms with E-state index in [2.05, 4.69) is 10.3 Å². The number of ether oxygens (including phenoxy) is 1. The monoisotopic (exact) mass is 407 g/mol. The molecule has 1 unspecified atom stereocenters. The van der Waals surface area contributed by atoms with Gasteiger partial charge in [0.05, 0.1) is 5.69 Å². The van der Waals surface area contributed by atoms with E-state index >= 15 is 0 Å². The van der Waals surface area contributed by atoms with Gasteiger partial charge in [0.2, 0.25) is 0 Å². The smallest absolute Gasteiger partial charge is 0.329 e. The molecule has 7 nitrogen and oxygen atoms in total. The zero-order chi connectivity index (χ0) is 21.8. The third-order valence-corrected chi connectivity index (χ3v) is 4.74. The number of hydrogen-bond acceptors (Lipinski definition) is 5. The Labute approximate surface area is 174 Å². The van der Waals surface area contributed by atoms with Crippen molar-refractivity contribution in [3.8, 4) is 0 Å². The van der Waals surface area contributed by atoms with Gasteiger partial charge in [-0.25, -0.2) is 9.78 Å². The Morgan fingerprint density at radius 2 is 1.73 bits per heavy atom. The Morgan fingerprint density at radius 1 is 1.07 bits per heavy atom. The van der Waals surface area contributed by atoms with Gasteiger partial charge in [0.25, 0.3) is 11.5 Å². The van der Waals surface area contributed by atoms with E-state index in [1.54, 1.807) is 24.4 Å². The molecule has 0 radical (unpaired) electrons. The van der Waals surface area contributed by atoms with Gasteiger partial charge in [0, 0.05) is 17.8 Å². The summed E-state index contributed by atoms with van der Waals surface area (Å²) in [5, 5.41) is 2.74. The molecule has 0 aliphatic rings. The van der Waals surface area contributed by atoms with E-state index < -0.39 is 12.0 Å². The Hall–Kier alpha value is -3.48. The highest BCUT2D eigenvalue weighted by Crippen LogP contribution is 2.10. The van der Waals surface area contributed by atoms with Crippen LogP contribution in [-0.2, 0) is 16.1 Å². The topological polar surface area (TPSA) is 89.8 Å². The second-order valence-corrected chi connectivity index (χ2v) is 7.69. The van der Waals surface area contributed by atoms with E-state index in [9.17, 15) is 14.4 Å². The van der Waals surface area contributed by atoms with Gasteiger partial charge in [-0.3, -0.25) is 14.0 Å². The number of amides is 1. The summed E-state index contributed by atoms with van der Waals surface area (Å²) in [4.78, 5) is 41.8. The third kappa shape index (κ3) is 4.92. The lowest BCUT2D eigenvalue weighted by Gasteiger charge is -2.21. The molecule has 0 spiro atoms. The number of aryl methyl sites for hydroxylation is 2. The molecule has 156 valence electrons. The number of aromatic nitrogens is 2. The molecule has 7 heteroatoms. The highest BCUT2D eigenvalue weighted by atomic mass is 16.5. The summed E-state index contributed by atoms with van der Waals surface area (Å²) >= 11 is 0. The Bertz CT molecular complexity index is 1130. The maximum atomic E-state index is 12.6. The van der Waals surface area contributed by atoms with Crippen molar-refractivity contribution in [2.45, 2.75) is 40.3 Å². The zero-order valence-corrected chi connectivity index (χ0v) is 17.5. The maximum Gasteiger partial charge on any atom is 0.329 e. The first-order chi connectivity index (χ1) is 14.2. The quantitative estimate of drug-likeness (QED) is 0.635. The summed E-state index contributed by atoms with van der Waals surface area (Å²) in [6.07, 6.45) is 1.70. The molecular formula is C23H25N3O4. The van der Waals surface area contributed by atoms with E-state index in [1.807, 2.05) is 45.9 Å². The molecule has 0 bridgehead atoms. The molecule has 1 N–H and O–H groups in total. The molecule has 0 saturated carbocycles. The predicted octanol–water partition coefficient (Wildman–Crippen LogP) is 2.81. The summed E-state index contributed by atoms with van der Waals surface area (Å²) in [7, 11) is 0. The standard InChI is InChI=1S/C23H25N3O4/c1-14(2)21(25-22(28)17-8-5-15(3)6-9-17)23(29)30-13-18-11-20(27)26-12-16(4)7-10-19(26)24-18/h5-12,14,21H,13H2,1-4H3,(H,25,28). The first kappa shape index (κ1) is 21.2. The van der Waals surface area contributed by atoms with Gasteiger partial charge >= 0.3 is 5.97 Å². The predicted molar refractivity (Wildman–Crippen MR) is 113 cm³/mol. The van der Waals surface area contributed by atoms with Crippen LogP contribution in [0.3, 0.4) is 0 Å². The van der Waals surface area contributed by atoms with Crippen LogP contribution in [0.1, 0.15) is 41.0 Å². The molecule has 0 aliphatic carbocycles. The van der Waals surface area contributed by atoms with Crippen LogP contribution >= 0.6 is 0 Å². The molecule has 0 fully saturated rings. The molecule has 1 amide bonds. The SMILES string of the molecule is Cc1ccc(C(=O)NC(C(=O)OCc2cc(=O)n3cc(C)ccc3n2)C(C)C)cc1. The van der Waals surface area contributed by atoms with Crippen LogP contribution in [0.15, 0.2) is 53.5 Å². The van der Waals surface area contributed by atoms with Crippen LogP contribution in [0, 0.1) is 19.8 Å². The molecule has 2 heterocycles. The van der Waals surface area contributed by atoms with Crippen molar-refractivity contribution in [2.24, 2.45) is 5.92 Å². The summed E-state index contributed by atoms with van der Waals surface area (Å²) in [5.41, 5.74) is 3.04. The fourth-order valence-electron chi connectivity index (χ4n) is 2.99. The van der Waals surface area contributed by atoms with E-state index in [4.69, 9.17) is 4.74 Å². The van der Waals surface area contributed by atoms with Crippen LogP contribution in [-0.4, -0.2) is 27.3 Å². The number of nitrogens with zero attached hydrogens (tertiary/aromatic N) is 2. The van der Waals surface area contributed by atoms with E-state index in [-0.39, 0.29) is 24.0 Å². The number of hydrogen-bond donors (Lipinski definition) is 1. The number of benzene rings is 1. The van der Waals surface area contributed by atoms with Gasteiger partial charge in [0.1, 0.15) is 18.3 Å². The minimum Gasteiger partial charge on any atom is -0.458 e. The number of nitrogens with one attached hydrogen (secondary N) is 1. The lowest BCUT2D eigenvalue weighted by molar-refractivity contribution is -0.148. The average molecular weight is 407 g/mol. The zero-order valence-electron chi connectivity index (χ0n) is 17.5. The largest absolute Gasteiger partial charge is 0.458 e. The van der Waals surface area contributed by atoms with Crippen molar-refractivity contribution in [2.75, 3.05) is 0 Å². The van der Waals surface area contributed by atoms with E-state index in [0.717, 1.165) is 11.1 Å². The number of esters is 1. The minimum atomic E-state index is -0.817. The van der Waals surface area contributed by atoms with E-state index in [0.29, 0.717) is 16.9 Å². The molecule has 2 aromatic heterocycles. The molecule has 3 rings (SSSR count). The van der Waals surface area contributed by atoms with Crippen molar-refractivity contribution in [3.05, 3.63) is 81.4 Å². The van der Waals surface area contributed by atoms with Gasteiger partial charge in [-0.2, -0.15) is 0 Å². The molecule has 1 atom stereocenters. The molecule has 0 aliphatic heterocycles. The number of carbonyl (C=O) groups excluding carboxylic acids is 2. The lowest BCUT2D eigenvalue weighted by atomic mass is 10.0. The van der Waals surface area contributed by atoms with Crippen LogP contribution in [0.4, 0.5) is 0 Å². The average Bonchev–Trinajstić information content (AvgIpc) is 2.71. The molecular weight excluding hydrogens is 382 g/mol. The summed E-state index contributed by atoms with van der Waals surface area (Å²) < 4.78 is 6.81. The second kappa shape index (κ2) is 8.90. The Morgan fingerprint density at radius 3 is 2.40 bits per heavy atom. The number of rotatable bonds is 6. The summed E-state index contributed by atoms with van der Waals surface area (Å²) in [5.74, 6) is -1.09. The van der Waals surface area contributed by atoms with Crippen LogP contribution < -0.4 is 10.9 Å². The molecule has 3 aromatic rings. The van der Waals surface area contributed by atoms with Gasteiger partial charge in [-0.15, -0.1) is 0 Å². The van der Waals surface area contributed by atoms with Gasteiger partial charge in [-0.05, 0) is 43.5 Å². The molecule has 1 aromatic carbocycles. The Balaban J connectivity index is 1.70. The third-order valence-electron chi connectivity index (χ3n) is 4.74. The van der Waals surface area contributed by atoms with Crippen molar-refractivity contribution < 1.29 is 14.3 Å². The first-order valence-corrected chi connectivity index (χ1v) is 9.77. The lowest BCUT2D eigenvalue weighted by Crippen LogP contribution is -2.45. The summed E-state index contributed by atoms with van der Waals surface area (Å²) in [6.45, 7) is 7.32. The van der Waals surface area contributed by atoms with E-state index in [1.165, 1.54) is 10.5 Å². The Kier molecular flexibility index (Phi) is 6.30. The van der Waals surface area contributed by atoms with Gasteiger partial charge in [0.15, 0.2) is 0 Å². The highest BCUT2D eigenvalue weighted by molar-refractivity contribution is 5.96. The molecule has 30 heavy (non-hydrogen) atoms. The fraction of sp³-hybridized carbons (Fsp3) is 0.304. The van der Waals surface area contributed by atoms with Crippen LogP contribution in [0.2, 0.25) is 0 Å². The first-order valence-electron chi connectivity index (χ1n) is 9.77. The minimum absolute atomic E-state index is 0.151. The normalized spacial score (nSPS) is 12.0. The highest BCUT2D eigenvalue weighted by Gasteiger charge is 2.26.